The minimum Gasteiger partial charge on any atom is -0.366 e. The van der Waals surface area contributed by atoms with Crippen molar-refractivity contribution in [1.29, 1.82) is 0 Å². The van der Waals surface area contributed by atoms with Gasteiger partial charge in [-0.3, -0.25) is 0 Å². The molecule has 0 aliphatic heterocycles. The standard InChI is InChI=1S/C8H16N2/c1-5-8(3)9-7-10(4)6-2/h7H,3,5-6H2,1-2,4H3/b9-7-. The molecule has 0 aliphatic carbocycles. The van der Waals surface area contributed by atoms with Gasteiger partial charge in [0.15, 0.2) is 0 Å². The van der Waals surface area contributed by atoms with E-state index in [4.69, 9.17) is 0 Å². The third-order valence-corrected chi connectivity index (χ3v) is 1.34. The summed E-state index contributed by atoms with van der Waals surface area (Å²) in [5, 5.41) is 0. The summed E-state index contributed by atoms with van der Waals surface area (Å²) in [6, 6.07) is 0. The molecular formula is C8H16N2. The van der Waals surface area contributed by atoms with Crippen molar-refractivity contribution in [1.82, 2.24) is 4.90 Å². The molecule has 0 saturated carbocycles. The van der Waals surface area contributed by atoms with Crippen molar-refractivity contribution in [3.8, 4) is 0 Å². The lowest BCUT2D eigenvalue weighted by molar-refractivity contribution is 0.551. The van der Waals surface area contributed by atoms with Gasteiger partial charge in [0.25, 0.3) is 0 Å². The van der Waals surface area contributed by atoms with Gasteiger partial charge in [-0.1, -0.05) is 13.5 Å². The molecule has 10 heavy (non-hydrogen) atoms. The third kappa shape index (κ3) is 4.13. The number of nitrogens with zero attached hydrogens (tertiary/aromatic N) is 2. The molecule has 0 atom stereocenters. The van der Waals surface area contributed by atoms with Crippen LogP contribution in [0.25, 0.3) is 0 Å². The summed E-state index contributed by atoms with van der Waals surface area (Å²) in [5.74, 6) is 0. The van der Waals surface area contributed by atoms with Gasteiger partial charge in [0.1, 0.15) is 0 Å². The van der Waals surface area contributed by atoms with Crippen molar-refractivity contribution >= 4 is 6.34 Å². The van der Waals surface area contributed by atoms with Crippen LogP contribution in [-0.2, 0) is 0 Å². The maximum absolute atomic E-state index is 4.12. The Morgan fingerprint density at radius 2 is 2.20 bits per heavy atom. The Balaban J connectivity index is 3.63. The van der Waals surface area contributed by atoms with E-state index < -0.39 is 0 Å². The molecule has 0 heterocycles. The Kier molecular flexibility index (Phi) is 4.63. The summed E-state index contributed by atoms with van der Waals surface area (Å²) in [5.41, 5.74) is 0.931. The van der Waals surface area contributed by atoms with Crippen LogP contribution >= 0.6 is 0 Å². The van der Waals surface area contributed by atoms with Gasteiger partial charge in [-0.2, -0.15) is 0 Å². The Morgan fingerprint density at radius 3 is 2.60 bits per heavy atom. The quantitative estimate of drug-likeness (QED) is 0.430. The average molecular weight is 140 g/mol. The summed E-state index contributed by atoms with van der Waals surface area (Å²) in [6.45, 7) is 8.87. The fourth-order valence-electron chi connectivity index (χ4n) is 0.353. The summed E-state index contributed by atoms with van der Waals surface area (Å²) in [7, 11) is 1.99. The van der Waals surface area contributed by atoms with E-state index in [0.29, 0.717) is 0 Å². The van der Waals surface area contributed by atoms with Crippen LogP contribution in [0.15, 0.2) is 17.3 Å². The van der Waals surface area contributed by atoms with Crippen LogP contribution < -0.4 is 0 Å². The van der Waals surface area contributed by atoms with Gasteiger partial charge in [0.05, 0.1) is 6.34 Å². The van der Waals surface area contributed by atoms with Crippen molar-refractivity contribution < 1.29 is 0 Å². The first-order valence-corrected chi connectivity index (χ1v) is 3.62. The molecule has 0 aromatic heterocycles. The molecule has 0 radical (unpaired) electrons. The molecular weight excluding hydrogens is 124 g/mol. The fraction of sp³-hybridized carbons (Fsp3) is 0.625. The molecule has 2 nitrogen and oxygen atoms in total. The van der Waals surface area contributed by atoms with Crippen LogP contribution in [0.5, 0.6) is 0 Å². The molecule has 0 N–H and O–H groups in total. The molecule has 0 aromatic rings. The van der Waals surface area contributed by atoms with E-state index >= 15 is 0 Å². The van der Waals surface area contributed by atoms with Gasteiger partial charge in [0.2, 0.25) is 0 Å². The predicted molar refractivity (Wildman–Crippen MR) is 46.2 cm³/mol. The van der Waals surface area contributed by atoms with Crippen LogP contribution in [0, 0.1) is 0 Å². The zero-order chi connectivity index (χ0) is 7.98. The fourth-order valence-corrected chi connectivity index (χ4v) is 0.353. The van der Waals surface area contributed by atoms with E-state index in [1.807, 2.05) is 25.2 Å². The van der Waals surface area contributed by atoms with Crippen molar-refractivity contribution in [2.45, 2.75) is 20.3 Å². The smallest absolute Gasteiger partial charge is 0.0905 e. The molecule has 0 rings (SSSR count). The largest absolute Gasteiger partial charge is 0.366 e. The Bertz CT molecular complexity index is 127. The first-order valence-electron chi connectivity index (χ1n) is 3.62. The van der Waals surface area contributed by atoms with Crippen molar-refractivity contribution in [2.24, 2.45) is 4.99 Å². The Hall–Kier alpha value is -0.790. The Labute approximate surface area is 63.3 Å². The second kappa shape index (κ2) is 5.03. The highest BCUT2D eigenvalue weighted by Gasteiger charge is 1.84. The lowest BCUT2D eigenvalue weighted by Gasteiger charge is -2.07. The number of aliphatic imine (C=N–C) groups is 1. The van der Waals surface area contributed by atoms with Gasteiger partial charge in [-0.05, 0) is 13.3 Å². The molecule has 0 unspecified atom stereocenters. The predicted octanol–water partition coefficient (Wildman–Crippen LogP) is 1.89. The van der Waals surface area contributed by atoms with Gasteiger partial charge >= 0.3 is 0 Å². The molecule has 0 fully saturated rings. The number of hydrogen-bond donors (Lipinski definition) is 0. The average Bonchev–Trinajstić information content (AvgIpc) is 1.99. The third-order valence-electron chi connectivity index (χ3n) is 1.34. The molecule has 0 aliphatic rings. The van der Waals surface area contributed by atoms with E-state index in [9.17, 15) is 0 Å². The molecule has 0 bridgehead atoms. The normalized spacial score (nSPS) is 10.3. The lowest BCUT2D eigenvalue weighted by Crippen LogP contribution is -2.14. The van der Waals surface area contributed by atoms with Gasteiger partial charge in [0, 0.05) is 19.3 Å². The lowest BCUT2D eigenvalue weighted by atomic mass is 10.4. The molecule has 0 spiro atoms. The molecule has 0 amide bonds. The topological polar surface area (TPSA) is 15.6 Å². The number of rotatable bonds is 4. The second-order valence-corrected chi connectivity index (χ2v) is 2.24. The second-order valence-electron chi connectivity index (χ2n) is 2.24. The molecule has 0 saturated heterocycles. The van der Waals surface area contributed by atoms with Gasteiger partial charge < -0.3 is 4.90 Å². The maximum Gasteiger partial charge on any atom is 0.0905 e. The van der Waals surface area contributed by atoms with Crippen LogP contribution in [0.1, 0.15) is 20.3 Å². The minimum absolute atomic E-state index is 0.925. The van der Waals surface area contributed by atoms with Crippen molar-refractivity contribution in [3.05, 3.63) is 12.3 Å². The monoisotopic (exact) mass is 140 g/mol. The summed E-state index contributed by atoms with van der Waals surface area (Å²) in [4.78, 5) is 6.13. The summed E-state index contributed by atoms with van der Waals surface area (Å²) < 4.78 is 0. The summed E-state index contributed by atoms with van der Waals surface area (Å²) >= 11 is 0. The summed E-state index contributed by atoms with van der Waals surface area (Å²) in [6.07, 6.45) is 2.74. The van der Waals surface area contributed by atoms with Crippen LogP contribution in [0.4, 0.5) is 0 Å². The minimum atomic E-state index is 0.925. The van der Waals surface area contributed by atoms with Crippen LogP contribution in [0.3, 0.4) is 0 Å². The zero-order valence-corrected chi connectivity index (χ0v) is 7.09. The van der Waals surface area contributed by atoms with E-state index in [0.717, 1.165) is 18.7 Å². The molecule has 58 valence electrons. The van der Waals surface area contributed by atoms with Crippen LogP contribution in [-0.4, -0.2) is 24.8 Å². The molecule has 0 aromatic carbocycles. The van der Waals surface area contributed by atoms with E-state index in [1.54, 1.807) is 0 Å². The highest BCUT2D eigenvalue weighted by molar-refractivity contribution is 5.55. The van der Waals surface area contributed by atoms with Gasteiger partial charge in [-0.15, -0.1) is 0 Å². The zero-order valence-electron chi connectivity index (χ0n) is 7.09. The van der Waals surface area contributed by atoms with Gasteiger partial charge in [-0.25, -0.2) is 4.99 Å². The molecule has 2 heteroatoms. The number of allylic oxidation sites excluding steroid dienone is 1. The van der Waals surface area contributed by atoms with E-state index in [1.165, 1.54) is 0 Å². The first-order chi connectivity index (χ1) is 4.70. The van der Waals surface area contributed by atoms with E-state index in [-0.39, 0.29) is 0 Å². The maximum atomic E-state index is 4.12. The Morgan fingerprint density at radius 1 is 1.60 bits per heavy atom. The van der Waals surface area contributed by atoms with Crippen molar-refractivity contribution in [2.75, 3.05) is 13.6 Å². The number of hydrogen-bond acceptors (Lipinski definition) is 1. The first kappa shape index (κ1) is 9.21. The van der Waals surface area contributed by atoms with E-state index in [2.05, 4.69) is 18.5 Å². The highest BCUT2D eigenvalue weighted by Crippen LogP contribution is 1.95. The highest BCUT2D eigenvalue weighted by atomic mass is 15.1. The van der Waals surface area contributed by atoms with Crippen molar-refractivity contribution in [3.63, 3.8) is 0 Å². The van der Waals surface area contributed by atoms with Crippen LogP contribution in [0.2, 0.25) is 0 Å². The SMILES string of the molecule is C=C(CC)/N=C\N(C)CC.